The molecule has 150 valence electrons. The molecule has 0 aromatic heterocycles. The molecule has 0 aliphatic heterocycles. The van der Waals surface area contributed by atoms with Gasteiger partial charge in [0.25, 0.3) is 0 Å². The van der Waals surface area contributed by atoms with Gasteiger partial charge < -0.3 is 10.1 Å². The minimum Gasteiger partial charge on any atom is -0.462 e. The highest BCUT2D eigenvalue weighted by Gasteiger charge is 2.24. The summed E-state index contributed by atoms with van der Waals surface area (Å²) in [5, 5.41) is 2.64. The summed E-state index contributed by atoms with van der Waals surface area (Å²) in [7, 11) is -3.68. The number of esters is 1. The lowest BCUT2D eigenvalue weighted by Gasteiger charge is -2.25. The van der Waals surface area contributed by atoms with Gasteiger partial charge in [-0.15, -0.1) is 0 Å². The molecule has 0 saturated carbocycles. The number of hydrogen-bond acceptors (Lipinski definition) is 5. The number of carbonyl (C=O) groups is 2. The van der Waals surface area contributed by atoms with E-state index in [2.05, 4.69) is 5.32 Å². The Hall–Kier alpha value is -2.87. The Balaban J connectivity index is 2.24. The number of carbonyl (C=O) groups excluding carboxylic acids is 2. The van der Waals surface area contributed by atoms with Gasteiger partial charge in [-0.3, -0.25) is 9.10 Å². The van der Waals surface area contributed by atoms with Gasteiger partial charge in [-0.2, -0.15) is 0 Å². The Morgan fingerprint density at radius 2 is 1.68 bits per heavy atom. The van der Waals surface area contributed by atoms with Gasteiger partial charge in [-0.1, -0.05) is 24.3 Å². The topological polar surface area (TPSA) is 92.8 Å². The predicted molar refractivity (Wildman–Crippen MR) is 109 cm³/mol. The number of aryl methyl sites for hydroxylation is 2. The fourth-order valence-electron chi connectivity index (χ4n) is 2.83. The molecule has 7 nitrogen and oxygen atoms in total. The van der Waals surface area contributed by atoms with Crippen LogP contribution in [-0.2, 0) is 19.6 Å². The summed E-state index contributed by atoms with van der Waals surface area (Å²) >= 11 is 0. The van der Waals surface area contributed by atoms with Crippen LogP contribution in [0, 0.1) is 13.8 Å². The van der Waals surface area contributed by atoms with Crippen LogP contribution in [-0.4, -0.2) is 39.7 Å². The van der Waals surface area contributed by atoms with Crippen molar-refractivity contribution < 1.29 is 22.7 Å². The van der Waals surface area contributed by atoms with Crippen molar-refractivity contribution in [3.8, 4) is 0 Å². The van der Waals surface area contributed by atoms with Crippen molar-refractivity contribution >= 4 is 33.3 Å². The summed E-state index contributed by atoms with van der Waals surface area (Å²) in [6.45, 7) is 5.15. The zero-order chi connectivity index (χ0) is 20.9. The van der Waals surface area contributed by atoms with Crippen LogP contribution in [0.25, 0.3) is 0 Å². The van der Waals surface area contributed by atoms with Crippen LogP contribution in [0.5, 0.6) is 0 Å². The molecule has 1 amide bonds. The first kappa shape index (κ1) is 21.4. The fraction of sp³-hybridized carbons (Fsp3) is 0.300. The van der Waals surface area contributed by atoms with Gasteiger partial charge in [0.05, 0.1) is 24.1 Å². The Morgan fingerprint density at radius 1 is 1.07 bits per heavy atom. The minimum atomic E-state index is -3.68. The summed E-state index contributed by atoms with van der Waals surface area (Å²) in [6.07, 6.45) is 1.06. The van der Waals surface area contributed by atoms with E-state index in [1.165, 1.54) is 6.07 Å². The second kappa shape index (κ2) is 8.88. The molecule has 0 atom stereocenters. The third-order valence-electron chi connectivity index (χ3n) is 4.03. The van der Waals surface area contributed by atoms with Crippen molar-refractivity contribution in [1.29, 1.82) is 0 Å². The molecule has 0 radical (unpaired) electrons. The number of benzene rings is 2. The van der Waals surface area contributed by atoms with Gasteiger partial charge in [0.1, 0.15) is 6.54 Å². The molecule has 1 N–H and O–H groups in total. The number of ether oxygens (including phenoxy) is 1. The first-order chi connectivity index (χ1) is 13.1. The average molecular weight is 404 g/mol. The summed E-state index contributed by atoms with van der Waals surface area (Å²) < 4.78 is 30.7. The van der Waals surface area contributed by atoms with E-state index in [1.807, 2.05) is 6.07 Å². The van der Waals surface area contributed by atoms with E-state index in [-0.39, 0.29) is 13.2 Å². The molecule has 0 unspecified atom stereocenters. The van der Waals surface area contributed by atoms with E-state index in [1.54, 1.807) is 51.1 Å². The lowest BCUT2D eigenvalue weighted by atomic mass is 10.1. The van der Waals surface area contributed by atoms with E-state index in [4.69, 9.17) is 4.74 Å². The molecular weight excluding hydrogens is 380 g/mol. The van der Waals surface area contributed by atoms with Crippen LogP contribution in [0.4, 0.5) is 11.4 Å². The third kappa shape index (κ3) is 5.32. The lowest BCUT2D eigenvalue weighted by Crippen LogP contribution is -2.38. The zero-order valence-corrected chi connectivity index (χ0v) is 17.2. The monoisotopic (exact) mass is 404 g/mol. The first-order valence-corrected chi connectivity index (χ1v) is 10.6. The molecule has 0 heterocycles. The van der Waals surface area contributed by atoms with E-state index in [0.29, 0.717) is 16.9 Å². The van der Waals surface area contributed by atoms with Gasteiger partial charge >= 0.3 is 5.97 Å². The maximum Gasteiger partial charge on any atom is 0.338 e. The number of nitrogens with zero attached hydrogens (tertiary/aromatic N) is 1. The van der Waals surface area contributed by atoms with Crippen molar-refractivity contribution in [2.75, 3.05) is 29.0 Å². The molecule has 0 aliphatic carbocycles. The summed E-state index contributed by atoms with van der Waals surface area (Å²) in [5.41, 5.74) is 2.67. The number of nitrogens with one attached hydrogen (secondary N) is 1. The fourth-order valence-corrected chi connectivity index (χ4v) is 3.80. The molecule has 28 heavy (non-hydrogen) atoms. The third-order valence-corrected chi connectivity index (χ3v) is 5.15. The van der Waals surface area contributed by atoms with Crippen molar-refractivity contribution in [2.45, 2.75) is 20.8 Å². The molecule has 0 bridgehead atoms. The van der Waals surface area contributed by atoms with E-state index in [0.717, 1.165) is 21.7 Å². The number of hydrogen-bond donors (Lipinski definition) is 1. The molecule has 2 rings (SSSR count). The van der Waals surface area contributed by atoms with Crippen LogP contribution in [0.15, 0.2) is 42.5 Å². The van der Waals surface area contributed by atoms with Gasteiger partial charge in [-0.25, -0.2) is 13.2 Å². The lowest BCUT2D eigenvalue weighted by molar-refractivity contribution is -0.114. The molecule has 0 spiro atoms. The molecule has 0 saturated heterocycles. The molecule has 2 aromatic carbocycles. The van der Waals surface area contributed by atoms with Crippen molar-refractivity contribution in [3.63, 3.8) is 0 Å². The second-order valence-corrected chi connectivity index (χ2v) is 8.27. The van der Waals surface area contributed by atoms with Gasteiger partial charge in [0, 0.05) is 5.69 Å². The largest absolute Gasteiger partial charge is 0.462 e. The molecule has 8 heteroatoms. The Morgan fingerprint density at radius 3 is 2.25 bits per heavy atom. The maximum atomic E-state index is 12.5. The predicted octanol–water partition coefficient (Wildman–Crippen LogP) is 2.88. The molecular formula is C20H24N2O5S. The van der Waals surface area contributed by atoms with E-state index in [9.17, 15) is 18.0 Å². The van der Waals surface area contributed by atoms with Gasteiger partial charge in [0.2, 0.25) is 15.9 Å². The summed E-state index contributed by atoms with van der Waals surface area (Å²) in [5.74, 6) is -1.01. The quantitative estimate of drug-likeness (QED) is 0.717. The smallest absolute Gasteiger partial charge is 0.338 e. The van der Waals surface area contributed by atoms with Gasteiger partial charge in [0.15, 0.2) is 0 Å². The normalized spacial score (nSPS) is 11.0. The Bertz CT molecular complexity index is 966. The maximum absolute atomic E-state index is 12.5. The SMILES string of the molecule is CCOC(=O)c1cccc(NC(=O)CN(c2c(C)cccc2C)S(C)(=O)=O)c1. The van der Waals surface area contributed by atoms with Crippen LogP contribution in [0.3, 0.4) is 0 Å². The number of anilines is 2. The van der Waals surface area contributed by atoms with Crippen LogP contribution < -0.4 is 9.62 Å². The molecule has 0 fully saturated rings. The van der Waals surface area contributed by atoms with Crippen molar-refractivity contribution in [2.24, 2.45) is 0 Å². The number of rotatable bonds is 7. The van der Waals surface area contributed by atoms with Gasteiger partial charge in [-0.05, 0) is 50.1 Å². The van der Waals surface area contributed by atoms with Crippen LogP contribution >= 0.6 is 0 Å². The number of sulfonamides is 1. The summed E-state index contributed by atoms with van der Waals surface area (Å²) in [6, 6.07) is 11.7. The molecule has 2 aromatic rings. The highest BCUT2D eigenvalue weighted by molar-refractivity contribution is 7.92. The number of amides is 1. The highest BCUT2D eigenvalue weighted by Crippen LogP contribution is 2.26. The zero-order valence-electron chi connectivity index (χ0n) is 16.4. The second-order valence-electron chi connectivity index (χ2n) is 6.36. The first-order valence-electron chi connectivity index (χ1n) is 8.74. The standard InChI is InChI=1S/C20H24N2O5S/c1-5-27-20(24)16-10-7-11-17(12-16)21-18(23)13-22(28(4,25)26)19-14(2)8-6-9-15(19)3/h6-12H,5,13H2,1-4H3,(H,21,23). The van der Waals surface area contributed by atoms with Crippen LogP contribution in [0.1, 0.15) is 28.4 Å². The number of para-hydroxylation sites is 1. The van der Waals surface area contributed by atoms with Crippen molar-refractivity contribution in [3.05, 3.63) is 59.2 Å². The van der Waals surface area contributed by atoms with E-state index < -0.39 is 21.9 Å². The Kier molecular flexibility index (Phi) is 6.80. The average Bonchev–Trinajstić information content (AvgIpc) is 2.60. The highest BCUT2D eigenvalue weighted by atomic mass is 32.2. The Labute approximate surface area is 165 Å². The van der Waals surface area contributed by atoms with Crippen molar-refractivity contribution in [1.82, 2.24) is 0 Å². The van der Waals surface area contributed by atoms with E-state index >= 15 is 0 Å². The molecule has 0 aliphatic rings. The van der Waals surface area contributed by atoms with Crippen LogP contribution in [0.2, 0.25) is 0 Å². The minimum absolute atomic E-state index is 0.245. The summed E-state index contributed by atoms with van der Waals surface area (Å²) in [4.78, 5) is 24.4.